The van der Waals surface area contributed by atoms with Crippen molar-refractivity contribution in [2.24, 2.45) is 11.8 Å². The number of aliphatic hydroxyl groups is 1. The number of benzene rings is 3. The van der Waals surface area contributed by atoms with E-state index in [9.17, 15) is 9.90 Å². The molecule has 2 heterocycles. The van der Waals surface area contributed by atoms with Crippen LogP contribution in [0.3, 0.4) is 0 Å². The summed E-state index contributed by atoms with van der Waals surface area (Å²) in [7, 11) is 0. The molecule has 1 aromatic heterocycles. The third-order valence-electron chi connectivity index (χ3n) is 5.80. The topological polar surface area (TPSA) is 59.4 Å². The Morgan fingerprint density at radius 2 is 1.77 bits per heavy atom. The van der Waals surface area contributed by atoms with E-state index in [-0.39, 0.29) is 64.4 Å². The van der Waals surface area contributed by atoms with Crippen LogP contribution in [0.1, 0.15) is 46.1 Å². The molecule has 0 spiro atoms. The quantitative estimate of drug-likeness (QED) is 0.123. The minimum absolute atomic E-state index is 0. The summed E-state index contributed by atoms with van der Waals surface area (Å²) in [5.74, 6) is 1.79. The van der Waals surface area contributed by atoms with Gasteiger partial charge in [0.2, 0.25) is 0 Å². The summed E-state index contributed by atoms with van der Waals surface area (Å²) < 4.78 is 5.89. The molecule has 2 radical (unpaired) electrons. The number of ketones is 1. The van der Waals surface area contributed by atoms with E-state index < -0.39 is 0 Å². The normalized spacial score (nSPS) is 11.8. The van der Waals surface area contributed by atoms with E-state index >= 15 is 0 Å². The van der Waals surface area contributed by atoms with Crippen LogP contribution in [0.4, 0.5) is 0 Å². The molecule has 1 aliphatic heterocycles. The van der Waals surface area contributed by atoms with E-state index in [0.717, 1.165) is 44.6 Å². The second-order valence-corrected chi connectivity index (χ2v) is 10.1. The SMILES string of the molecule is CC(C)CC(=O)/C=C(\O)CC(C)C.[Ir].[Y].[c-]1cc2c([c-]c1-c1[c-]cccc1)-c1nc3ccccc3cc1OC2. The van der Waals surface area contributed by atoms with E-state index in [4.69, 9.17) is 9.72 Å². The minimum atomic E-state index is 0. The Labute approximate surface area is 270 Å². The molecular formula is C33H32IrNO3Y-3. The number of ether oxygens (including phenoxy) is 1. The summed E-state index contributed by atoms with van der Waals surface area (Å²) >= 11 is 0. The van der Waals surface area contributed by atoms with Crippen LogP contribution in [0.15, 0.2) is 72.5 Å². The first-order valence-corrected chi connectivity index (χ1v) is 12.7. The number of aromatic nitrogens is 1. The number of nitrogens with zero attached hydrogens (tertiary/aromatic N) is 1. The van der Waals surface area contributed by atoms with Crippen LogP contribution in [0.2, 0.25) is 0 Å². The molecule has 1 aliphatic rings. The summed E-state index contributed by atoms with van der Waals surface area (Å²) in [5, 5.41) is 10.4. The van der Waals surface area contributed by atoms with Crippen molar-refractivity contribution < 1.29 is 67.5 Å². The molecule has 3 aromatic carbocycles. The molecule has 1 N–H and O–H groups in total. The Balaban J connectivity index is 0.000000310. The Morgan fingerprint density at radius 1 is 1.05 bits per heavy atom. The van der Waals surface area contributed by atoms with Crippen LogP contribution in [-0.4, -0.2) is 15.9 Å². The van der Waals surface area contributed by atoms with Crippen molar-refractivity contribution >= 4 is 16.7 Å². The summed E-state index contributed by atoms with van der Waals surface area (Å²) in [6, 6.07) is 30.0. The van der Waals surface area contributed by atoms with Gasteiger partial charge in [-0.3, -0.25) is 4.79 Å². The maximum absolute atomic E-state index is 11.2. The van der Waals surface area contributed by atoms with Gasteiger partial charge in [-0.1, -0.05) is 45.9 Å². The van der Waals surface area contributed by atoms with Crippen LogP contribution < -0.4 is 4.74 Å². The van der Waals surface area contributed by atoms with E-state index in [1.54, 1.807) is 0 Å². The third-order valence-corrected chi connectivity index (χ3v) is 5.80. The van der Waals surface area contributed by atoms with Crippen molar-refractivity contribution in [3.05, 3.63) is 96.3 Å². The monoisotopic (exact) mass is 772 g/mol. The molecule has 4 nitrogen and oxygen atoms in total. The van der Waals surface area contributed by atoms with Crippen molar-refractivity contribution in [2.75, 3.05) is 0 Å². The Hall–Kier alpha value is -2.17. The fourth-order valence-corrected chi connectivity index (χ4v) is 4.16. The molecule has 0 saturated carbocycles. The Bertz CT molecular complexity index is 1420. The van der Waals surface area contributed by atoms with Gasteiger partial charge in [0.25, 0.3) is 0 Å². The van der Waals surface area contributed by atoms with Crippen LogP contribution in [0.25, 0.3) is 33.3 Å². The van der Waals surface area contributed by atoms with Gasteiger partial charge in [-0.25, -0.2) is 23.2 Å². The first-order chi connectivity index (χ1) is 17.8. The van der Waals surface area contributed by atoms with Gasteiger partial charge >= 0.3 is 0 Å². The molecular weight excluding hydrogens is 739 g/mol. The maximum Gasteiger partial charge on any atom is 0.159 e. The number of carbonyl (C=O) groups excluding carboxylic acids is 1. The summed E-state index contributed by atoms with van der Waals surface area (Å²) in [4.78, 5) is 16.0. The van der Waals surface area contributed by atoms with Gasteiger partial charge in [-0.15, -0.1) is 6.07 Å². The maximum atomic E-state index is 11.2. The van der Waals surface area contributed by atoms with Crippen LogP contribution >= 0.6 is 0 Å². The summed E-state index contributed by atoms with van der Waals surface area (Å²) in [6.07, 6.45) is 2.46. The zero-order valence-electron chi connectivity index (χ0n) is 22.7. The zero-order valence-corrected chi connectivity index (χ0v) is 28.0. The molecule has 0 saturated heterocycles. The number of allylic oxidation sites excluding steroid dienone is 2. The fraction of sp³-hybridized carbons (Fsp3) is 0.273. The van der Waals surface area contributed by atoms with Crippen LogP contribution in [-0.2, 0) is 64.2 Å². The van der Waals surface area contributed by atoms with E-state index in [0.29, 0.717) is 31.3 Å². The zero-order chi connectivity index (χ0) is 26.4. The van der Waals surface area contributed by atoms with Crippen molar-refractivity contribution in [1.29, 1.82) is 0 Å². The van der Waals surface area contributed by atoms with Gasteiger partial charge in [-0.05, 0) is 24.0 Å². The van der Waals surface area contributed by atoms with Crippen LogP contribution in [0.5, 0.6) is 5.75 Å². The summed E-state index contributed by atoms with van der Waals surface area (Å²) in [5.41, 5.74) is 5.74. The largest absolute Gasteiger partial charge is 0.512 e. The summed E-state index contributed by atoms with van der Waals surface area (Å²) in [6.45, 7) is 8.53. The number of para-hydroxylation sites is 1. The predicted octanol–water partition coefficient (Wildman–Crippen LogP) is 7.95. The number of pyridine rings is 1. The molecule has 0 amide bonds. The molecule has 0 bridgehead atoms. The fourth-order valence-electron chi connectivity index (χ4n) is 4.16. The average Bonchev–Trinajstić information content (AvgIpc) is 2.87. The van der Waals surface area contributed by atoms with Gasteiger partial charge in [0.05, 0.1) is 17.0 Å². The number of fused-ring (bicyclic) bond motifs is 4. The molecule has 0 aliphatic carbocycles. The van der Waals surface area contributed by atoms with Gasteiger partial charge in [0, 0.05) is 83.7 Å². The second-order valence-electron chi connectivity index (χ2n) is 10.1. The van der Waals surface area contributed by atoms with E-state index in [1.807, 2.05) is 82.3 Å². The Kier molecular flexibility index (Phi) is 13.2. The number of hydrogen-bond acceptors (Lipinski definition) is 4. The number of rotatable bonds is 6. The number of hydrogen-bond donors (Lipinski definition) is 1. The van der Waals surface area contributed by atoms with Crippen molar-refractivity contribution in [3.63, 3.8) is 0 Å². The molecule has 6 heteroatoms. The van der Waals surface area contributed by atoms with E-state index in [2.05, 4.69) is 24.3 Å². The van der Waals surface area contributed by atoms with E-state index in [1.165, 1.54) is 6.08 Å². The molecule has 0 unspecified atom stereocenters. The first kappa shape index (κ1) is 33.0. The molecule has 202 valence electrons. The number of aliphatic hydroxyl groups excluding tert-OH is 1. The molecule has 0 atom stereocenters. The van der Waals surface area contributed by atoms with Crippen molar-refractivity contribution in [2.45, 2.75) is 47.1 Å². The third kappa shape index (κ3) is 9.18. The van der Waals surface area contributed by atoms with Gasteiger partial charge in [0.15, 0.2) is 5.78 Å². The Morgan fingerprint density at radius 3 is 2.46 bits per heavy atom. The van der Waals surface area contributed by atoms with Crippen molar-refractivity contribution in [1.82, 2.24) is 4.98 Å². The number of carbonyl (C=O) groups is 1. The molecule has 4 aromatic rings. The first-order valence-electron chi connectivity index (χ1n) is 12.7. The minimum Gasteiger partial charge on any atom is -0.512 e. The van der Waals surface area contributed by atoms with Crippen molar-refractivity contribution in [3.8, 4) is 28.1 Å². The van der Waals surface area contributed by atoms with Gasteiger partial charge in [0.1, 0.15) is 5.75 Å². The van der Waals surface area contributed by atoms with Crippen LogP contribution in [0, 0.1) is 30.0 Å². The molecule has 0 fully saturated rings. The average molecular weight is 772 g/mol. The standard InChI is InChI=1S/C22H12NO.C11H20O2.Ir.Y/c1-2-6-15(7-3-1)16-10-11-18-14-24-21-13-17-8-4-5-9-20(17)23-22(21)19(18)12-16;1-8(2)5-10(12)7-11(13)6-9(3)4;;/h1-6,8-9,11,13H,14H2;7-9,12H,5-6H2,1-4H3;;/q-3;;;/b;10-7-;;. The smallest absolute Gasteiger partial charge is 0.159 e. The predicted molar refractivity (Wildman–Crippen MR) is 148 cm³/mol. The van der Waals surface area contributed by atoms with Gasteiger partial charge < -0.3 is 33.1 Å². The molecule has 5 rings (SSSR count). The van der Waals surface area contributed by atoms with Gasteiger partial charge in [-0.2, -0.15) is 23.3 Å². The second kappa shape index (κ2) is 15.6. The molecule has 39 heavy (non-hydrogen) atoms.